The topological polar surface area (TPSA) is 64.6 Å². The van der Waals surface area contributed by atoms with Crippen LogP contribution in [0, 0.1) is 23.2 Å². The zero-order valence-corrected chi connectivity index (χ0v) is 17.6. The molecular weight excluding hydrogens is 366 g/mol. The lowest BCUT2D eigenvalue weighted by molar-refractivity contribution is -0.150. The van der Waals surface area contributed by atoms with Crippen molar-refractivity contribution in [2.24, 2.45) is 23.2 Å². The van der Waals surface area contributed by atoms with Gasteiger partial charge in [0.15, 0.2) is 13.2 Å². The predicted octanol–water partition coefficient (Wildman–Crippen LogP) is 4.06. The Morgan fingerprint density at radius 2 is 1.66 bits per heavy atom. The van der Waals surface area contributed by atoms with Gasteiger partial charge in [0, 0.05) is 6.54 Å². The summed E-state index contributed by atoms with van der Waals surface area (Å²) in [5, 5.41) is 3.04. The van der Waals surface area contributed by atoms with E-state index in [2.05, 4.69) is 19.2 Å². The number of para-hydroxylation sites is 1. The Morgan fingerprint density at radius 3 is 2.28 bits per heavy atom. The summed E-state index contributed by atoms with van der Waals surface area (Å²) in [6.45, 7) is 4.46. The Labute approximate surface area is 173 Å². The summed E-state index contributed by atoms with van der Waals surface area (Å²) in [7, 11) is 0. The van der Waals surface area contributed by atoms with Crippen LogP contribution < -0.4 is 10.1 Å². The fourth-order valence-electron chi connectivity index (χ4n) is 6.26. The lowest BCUT2D eigenvalue weighted by Gasteiger charge is -2.56. The van der Waals surface area contributed by atoms with Gasteiger partial charge in [-0.2, -0.15) is 0 Å². The molecule has 1 aromatic carbocycles. The van der Waals surface area contributed by atoms with Crippen LogP contribution in [-0.2, 0) is 14.3 Å². The average molecular weight is 400 g/mol. The van der Waals surface area contributed by atoms with Gasteiger partial charge in [0.25, 0.3) is 5.91 Å². The zero-order valence-electron chi connectivity index (χ0n) is 17.6. The molecule has 0 radical (unpaired) electrons. The van der Waals surface area contributed by atoms with E-state index in [-0.39, 0.29) is 24.5 Å². The maximum absolute atomic E-state index is 12.2. The maximum atomic E-state index is 12.2. The van der Waals surface area contributed by atoms with Crippen LogP contribution >= 0.6 is 0 Å². The van der Waals surface area contributed by atoms with Crippen LogP contribution in [0.3, 0.4) is 0 Å². The SMILES string of the molecule is CC(C)c1ccccc1OCC(=O)OCC(=O)NCC12CC3CC(CC(C3)C1)C2. The number of hydrogen-bond donors (Lipinski definition) is 1. The summed E-state index contributed by atoms with van der Waals surface area (Å²) >= 11 is 0. The highest BCUT2D eigenvalue weighted by molar-refractivity contribution is 5.80. The van der Waals surface area contributed by atoms with E-state index in [9.17, 15) is 9.59 Å². The van der Waals surface area contributed by atoms with Crippen LogP contribution in [0.15, 0.2) is 24.3 Å². The monoisotopic (exact) mass is 399 g/mol. The molecule has 1 N–H and O–H groups in total. The number of ether oxygens (including phenoxy) is 2. The number of rotatable bonds is 8. The molecule has 0 heterocycles. The third-order valence-electron chi connectivity index (χ3n) is 7.08. The first-order chi connectivity index (χ1) is 13.9. The molecule has 0 unspecified atom stereocenters. The molecule has 29 heavy (non-hydrogen) atoms. The van der Waals surface area contributed by atoms with Gasteiger partial charge in [0.05, 0.1) is 0 Å². The largest absolute Gasteiger partial charge is 0.482 e. The highest BCUT2D eigenvalue weighted by Gasteiger charge is 2.50. The van der Waals surface area contributed by atoms with Crippen molar-refractivity contribution in [3.8, 4) is 5.75 Å². The van der Waals surface area contributed by atoms with Crippen LogP contribution in [0.4, 0.5) is 0 Å². The van der Waals surface area contributed by atoms with E-state index < -0.39 is 5.97 Å². The molecule has 0 atom stereocenters. The zero-order chi connectivity index (χ0) is 20.4. The number of amides is 1. The average Bonchev–Trinajstić information content (AvgIpc) is 2.68. The summed E-state index contributed by atoms with van der Waals surface area (Å²) in [5.74, 6) is 2.85. The Hall–Kier alpha value is -2.04. The van der Waals surface area contributed by atoms with Crippen LogP contribution in [0.1, 0.15) is 63.9 Å². The second-order valence-corrected chi connectivity index (χ2v) is 9.84. The second kappa shape index (κ2) is 8.37. The Morgan fingerprint density at radius 1 is 1.03 bits per heavy atom. The molecule has 5 heteroatoms. The first kappa shape index (κ1) is 20.2. The maximum Gasteiger partial charge on any atom is 0.344 e. The summed E-state index contributed by atoms with van der Waals surface area (Å²) < 4.78 is 10.7. The molecule has 5 rings (SSSR count). The molecule has 1 aromatic rings. The second-order valence-electron chi connectivity index (χ2n) is 9.84. The number of nitrogens with one attached hydrogen (secondary N) is 1. The molecule has 4 bridgehead atoms. The third-order valence-corrected chi connectivity index (χ3v) is 7.08. The number of carbonyl (C=O) groups is 2. The molecule has 4 aliphatic rings. The smallest absolute Gasteiger partial charge is 0.344 e. The minimum absolute atomic E-state index is 0.189. The van der Waals surface area contributed by atoms with E-state index >= 15 is 0 Å². The van der Waals surface area contributed by atoms with Gasteiger partial charge in [0.2, 0.25) is 0 Å². The molecule has 1 amide bonds. The van der Waals surface area contributed by atoms with E-state index in [1.54, 1.807) is 0 Å². The summed E-state index contributed by atoms with van der Waals surface area (Å²) in [4.78, 5) is 24.2. The first-order valence-electron chi connectivity index (χ1n) is 11.1. The van der Waals surface area contributed by atoms with Crippen molar-refractivity contribution in [2.45, 2.75) is 58.3 Å². The Kier molecular flexibility index (Phi) is 5.84. The van der Waals surface area contributed by atoms with Gasteiger partial charge in [-0.15, -0.1) is 0 Å². The minimum Gasteiger partial charge on any atom is -0.482 e. The van der Waals surface area contributed by atoms with E-state index in [4.69, 9.17) is 9.47 Å². The number of esters is 1. The van der Waals surface area contributed by atoms with Crippen molar-refractivity contribution in [3.63, 3.8) is 0 Å². The molecule has 4 aliphatic carbocycles. The van der Waals surface area contributed by atoms with Gasteiger partial charge in [-0.05, 0) is 79.2 Å². The number of carbonyl (C=O) groups excluding carboxylic acids is 2. The summed E-state index contributed by atoms with van der Waals surface area (Å²) in [6.07, 6.45) is 7.94. The molecule has 0 spiro atoms. The lowest BCUT2D eigenvalue weighted by atomic mass is 9.49. The minimum atomic E-state index is -0.520. The van der Waals surface area contributed by atoms with E-state index in [0.717, 1.165) is 29.9 Å². The summed E-state index contributed by atoms with van der Waals surface area (Å²) in [6, 6.07) is 7.67. The van der Waals surface area contributed by atoms with Crippen molar-refractivity contribution < 1.29 is 19.1 Å². The molecule has 0 saturated heterocycles. The van der Waals surface area contributed by atoms with Crippen molar-refractivity contribution in [1.82, 2.24) is 5.32 Å². The fraction of sp³-hybridized carbons (Fsp3) is 0.667. The Balaban J connectivity index is 1.19. The van der Waals surface area contributed by atoms with Crippen LogP contribution in [0.2, 0.25) is 0 Å². The molecule has 158 valence electrons. The molecule has 5 nitrogen and oxygen atoms in total. The van der Waals surface area contributed by atoms with Crippen molar-refractivity contribution in [1.29, 1.82) is 0 Å². The fourth-order valence-corrected chi connectivity index (χ4v) is 6.26. The van der Waals surface area contributed by atoms with Crippen molar-refractivity contribution >= 4 is 11.9 Å². The quantitative estimate of drug-likeness (QED) is 0.670. The molecule has 0 aromatic heterocycles. The Bertz CT molecular complexity index is 722. The standard InChI is InChI=1S/C24H33NO4/c1-16(2)20-5-3-4-6-21(20)28-14-23(27)29-13-22(26)25-15-24-10-17-7-18(11-24)9-19(8-17)12-24/h3-6,16-19H,7-15H2,1-2H3,(H,25,26). The number of benzene rings is 1. The third kappa shape index (κ3) is 4.76. The normalized spacial score (nSPS) is 29.7. The highest BCUT2D eigenvalue weighted by atomic mass is 16.6. The van der Waals surface area contributed by atoms with E-state index in [1.165, 1.54) is 38.5 Å². The van der Waals surface area contributed by atoms with Crippen molar-refractivity contribution in [2.75, 3.05) is 19.8 Å². The summed E-state index contributed by atoms with van der Waals surface area (Å²) in [5.41, 5.74) is 1.34. The molecule has 4 fully saturated rings. The predicted molar refractivity (Wildman–Crippen MR) is 111 cm³/mol. The van der Waals surface area contributed by atoms with Crippen LogP contribution in [-0.4, -0.2) is 31.6 Å². The van der Waals surface area contributed by atoms with Crippen LogP contribution in [0.5, 0.6) is 5.75 Å². The lowest BCUT2D eigenvalue weighted by Crippen LogP contribution is -2.51. The molecule has 4 saturated carbocycles. The first-order valence-corrected chi connectivity index (χ1v) is 11.1. The van der Waals surface area contributed by atoms with Crippen molar-refractivity contribution in [3.05, 3.63) is 29.8 Å². The van der Waals surface area contributed by atoms with Gasteiger partial charge in [-0.1, -0.05) is 32.0 Å². The van der Waals surface area contributed by atoms with Gasteiger partial charge >= 0.3 is 5.97 Å². The van der Waals surface area contributed by atoms with E-state index in [0.29, 0.717) is 11.7 Å². The highest BCUT2D eigenvalue weighted by Crippen LogP contribution is 2.59. The van der Waals surface area contributed by atoms with Gasteiger partial charge in [-0.3, -0.25) is 4.79 Å². The number of hydrogen-bond acceptors (Lipinski definition) is 4. The van der Waals surface area contributed by atoms with Gasteiger partial charge in [-0.25, -0.2) is 4.79 Å². The molecule has 0 aliphatic heterocycles. The van der Waals surface area contributed by atoms with Gasteiger partial charge < -0.3 is 14.8 Å². The van der Waals surface area contributed by atoms with E-state index in [1.807, 2.05) is 24.3 Å². The molecular formula is C24H33NO4. The van der Waals surface area contributed by atoms with Crippen LogP contribution in [0.25, 0.3) is 0 Å². The van der Waals surface area contributed by atoms with Gasteiger partial charge in [0.1, 0.15) is 5.75 Å².